The quantitative estimate of drug-likeness (QED) is 0.622. The maximum Gasteiger partial charge on any atom is 0.123 e. The lowest BCUT2D eigenvalue weighted by atomic mass is 9.81. The summed E-state index contributed by atoms with van der Waals surface area (Å²) in [6.45, 7) is 2.67. The summed E-state index contributed by atoms with van der Waals surface area (Å²) >= 11 is 0. The molecule has 4 nitrogen and oxygen atoms in total. The molecule has 1 aliphatic rings. The monoisotopic (exact) mass is 421 g/mol. The Morgan fingerprint density at radius 3 is 2.48 bits per heavy atom. The largest absolute Gasteiger partial charge is 0.496 e. The second kappa shape index (κ2) is 9.60. The molecule has 0 radical (unpaired) electrons. The number of benzene rings is 3. The number of methoxy groups -OCH3 is 1. The van der Waals surface area contributed by atoms with Crippen molar-refractivity contribution in [3.05, 3.63) is 101 Å². The van der Waals surface area contributed by atoms with Gasteiger partial charge in [-0.25, -0.2) is 4.39 Å². The van der Waals surface area contributed by atoms with Gasteiger partial charge in [-0.3, -0.25) is 4.90 Å². The fourth-order valence-corrected chi connectivity index (χ4v) is 4.28. The van der Waals surface area contributed by atoms with E-state index in [0.29, 0.717) is 24.5 Å². The molecular formula is C26H28FNO3. The van der Waals surface area contributed by atoms with E-state index in [1.54, 1.807) is 13.2 Å². The standard InChI is InChI=1S/C26H28FNO3/c1-30-24-13-12-23(27)16-21(24)17-26(29,22-10-6-3-7-11-22)25-19-28(14-15-31-25)18-20-8-4-2-5-9-20/h2-13,16,25,29H,14-15,17-19H2,1H3/t25-,26?/m0/s1. The van der Waals surface area contributed by atoms with Gasteiger partial charge in [0, 0.05) is 31.6 Å². The molecule has 0 amide bonds. The van der Waals surface area contributed by atoms with E-state index in [1.165, 1.54) is 17.7 Å². The molecule has 5 heteroatoms. The first kappa shape index (κ1) is 21.5. The van der Waals surface area contributed by atoms with Crippen LogP contribution in [0.3, 0.4) is 0 Å². The predicted molar refractivity (Wildman–Crippen MR) is 118 cm³/mol. The minimum absolute atomic E-state index is 0.182. The van der Waals surface area contributed by atoms with Crippen molar-refractivity contribution in [1.82, 2.24) is 4.90 Å². The average Bonchev–Trinajstić information content (AvgIpc) is 2.81. The number of nitrogens with zero attached hydrogens (tertiary/aromatic N) is 1. The minimum Gasteiger partial charge on any atom is -0.496 e. The van der Waals surface area contributed by atoms with Crippen molar-refractivity contribution < 1.29 is 19.0 Å². The van der Waals surface area contributed by atoms with Crippen LogP contribution in [0, 0.1) is 5.82 Å². The fraction of sp³-hybridized carbons (Fsp3) is 0.308. The summed E-state index contributed by atoms with van der Waals surface area (Å²) in [6.07, 6.45) is -0.290. The predicted octanol–water partition coefficient (Wildman–Crippen LogP) is 4.17. The molecule has 0 bridgehead atoms. The molecule has 1 N–H and O–H groups in total. The third-order valence-electron chi connectivity index (χ3n) is 5.91. The number of rotatable bonds is 7. The molecule has 31 heavy (non-hydrogen) atoms. The molecule has 162 valence electrons. The van der Waals surface area contributed by atoms with Crippen LogP contribution in [-0.2, 0) is 23.3 Å². The zero-order chi connectivity index (χ0) is 21.7. The van der Waals surface area contributed by atoms with Crippen LogP contribution >= 0.6 is 0 Å². The summed E-state index contributed by atoms with van der Waals surface area (Å²) in [5, 5.41) is 12.0. The third kappa shape index (κ3) is 4.96. The Bertz CT molecular complexity index is 982. The number of aliphatic hydroxyl groups is 1. The summed E-state index contributed by atoms with van der Waals surface area (Å²) in [6, 6.07) is 24.2. The molecule has 3 aromatic rings. The minimum atomic E-state index is -1.34. The van der Waals surface area contributed by atoms with E-state index in [4.69, 9.17) is 9.47 Å². The van der Waals surface area contributed by atoms with E-state index in [9.17, 15) is 9.50 Å². The molecule has 0 saturated carbocycles. The van der Waals surface area contributed by atoms with Crippen LogP contribution in [0.15, 0.2) is 78.9 Å². The number of hydrogen-bond acceptors (Lipinski definition) is 4. The summed E-state index contributed by atoms with van der Waals surface area (Å²) < 4.78 is 25.6. The Hall–Kier alpha value is -2.73. The number of hydrogen-bond donors (Lipinski definition) is 1. The van der Waals surface area contributed by atoms with E-state index >= 15 is 0 Å². The molecular weight excluding hydrogens is 393 g/mol. The molecule has 0 aromatic heterocycles. The molecule has 0 spiro atoms. The van der Waals surface area contributed by atoms with Crippen LogP contribution < -0.4 is 4.74 Å². The Morgan fingerprint density at radius 1 is 1.06 bits per heavy atom. The number of halogens is 1. The summed E-state index contributed by atoms with van der Waals surface area (Å²) in [4.78, 5) is 2.29. The van der Waals surface area contributed by atoms with Gasteiger partial charge in [-0.1, -0.05) is 60.7 Å². The molecule has 1 heterocycles. The summed E-state index contributed by atoms with van der Waals surface area (Å²) in [5.41, 5.74) is 1.24. The van der Waals surface area contributed by atoms with Crippen molar-refractivity contribution in [1.29, 1.82) is 0 Å². The highest BCUT2D eigenvalue weighted by Gasteiger charge is 2.42. The highest BCUT2D eigenvalue weighted by Crippen LogP contribution is 2.36. The van der Waals surface area contributed by atoms with E-state index in [2.05, 4.69) is 17.0 Å². The molecule has 2 atom stereocenters. The van der Waals surface area contributed by atoms with Gasteiger partial charge in [0.05, 0.1) is 13.7 Å². The highest BCUT2D eigenvalue weighted by atomic mass is 19.1. The lowest BCUT2D eigenvalue weighted by molar-refractivity contribution is -0.150. The highest BCUT2D eigenvalue weighted by molar-refractivity contribution is 5.38. The van der Waals surface area contributed by atoms with Crippen LogP contribution in [-0.4, -0.2) is 42.9 Å². The Morgan fingerprint density at radius 2 is 1.77 bits per heavy atom. The molecule has 0 aliphatic carbocycles. The molecule has 1 aliphatic heterocycles. The van der Waals surface area contributed by atoms with Gasteiger partial charge in [-0.15, -0.1) is 0 Å². The van der Waals surface area contributed by atoms with Crippen molar-refractivity contribution in [3.63, 3.8) is 0 Å². The van der Waals surface area contributed by atoms with Gasteiger partial charge in [0.25, 0.3) is 0 Å². The molecule has 3 aromatic carbocycles. The van der Waals surface area contributed by atoms with Crippen LogP contribution in [0.5, 0.6) is 5.75 Å². The average molecular weight is 422 g/mol. The van der Waals surface area contributed by atoms with Crippen molar-refractivity contribution in [2.75, 3.05) is 26.8 Å². The van der Waals surface area contributed by atoms with Crippen molar-refractivity contribution in [2.24, 2.45) is 0 Å². The Balaban J connectivity index is 1.64. The van der Waals surface area contributed by atoms with Crippen LogP contribution in [0.2, 0.25) is 0 Å². The van der Waals surface area contributed by atoms with Crippen LogP contribution in [0.1, 0.15) is 16.7 Å². The molecule has 1 saturated heterocycles. The molecule has 4 rings (SSSR count). The van der Waals surface area contributed by atoms with Gasteiger partial charge in [-0.2, -0.15) is 0 Å². The normalized spacial score (nSPS) is 19.0. The van der Waals surface area contributed by atoms with Gasteiger partial charge in [0.1, 0.15) is 23.3 Å². The Labute approximate surface area is 182 Å². The van der Waals surface area contributed by atoms with E-state index in [-0.39, 0.29) is 12.2 Å². The summed E-state index contributed by atoms with van der Waals surface area (Å²) in [5.74, 6) is 0.189. The SMILES string of the molecule is COc1ccc(F)cc1CC(O)(c1ccccc1)[C@@H]1CN(Cc2ccccc2)CCO1. The maximum atomic E-state index is 14.0. The first-order valence-corrected chi connectivity index (χ1v) is 10.6. The van der Waals surface area contributed by atoms with E-state index in [1.807, 2.05) is 48.5 Å². The van der Waals surface area contributed by atoms with Gasteiger partial charge in [-0.05, 0) is 29.3 Å². The van der Waals surface area contributed by atoms with Gasteiger partial charge in [0.15, 0.2) is 0 Å². The van der Waals surface area contributed by atoms with Crippen molar-refractivity contribution in [2.45, 2.75) is 24.7 Å². The molecule has 1 fully saturated rings. The van der Waals surface area contributed by atoms with Crippen LogP contribution in [0.4, 0.5) is 4.39 Å². The zero-order valence-corrected chi connectivity index (χ0v) is 17.7. The second-order valence-corrected chi connectivity index (χ2v) is 8.00. The number of ether oxygens (including phenoxy) is 2. The van der Waals surface area contributed by atoms with E-state index < -0.39 is 11.7 Å². The van der Waals surface area contributed by atoms with Crippen molar-refractivity contribution >= 4 is 0 Å². The second-order valence-electron chi connectivity index (χ2n) is 8.00. The third-order valence-corrected chi connectivity index (χ3v) is 5.91. The van der Waals surface area contributed by atoms with Gasteiger partial charge >= 0.3 is 0 Å². The zero-order valence-electron chi connectivity index (χ0n) is 17.7. The van der Waals surface area contributed by atoms with Gasteiger partial charge < -0.3 is 14.6 Å². The molecule has 1 unspecified atom stereocenters. The fourth-order valence-electron chi connectivity index (χ4n) is 4.28. The number of morpholine rings is 1. The first-order chi connectivity index (χ1) is 15.1. The lowest BCUT2D eigenvalue weighted by Gasteiger charge is -2.42. The van der Waals surface area contributed by atoms with E-state index in [0.717, 1.165) is 18.7 Å². The topological polar surface area (TPSA) is 41.9 Å². The van der Waals surface area contributed by atoms with Crippen molar-refractivity contribution in [3.8, 4) is 5.75 Å². The van der Waals surface area contributed by atoms with Gasteiger partial charge in [0.2, 0.25) is 0 Å². The first-order valence-electron chi connectivity index (χ1n) is 10.6. The maximum absolute atomic E-state index is 14.0. The summed E-state index contributed by atoms with van der Waals surface area (Å²) in [7, 11) is 1.55. The van der Waals surface area contributed by atoms with Crippen LogP contribution in [0.25, 0.3) is 0 Å². The Kier molecular flexibility index (Phi) is 6.66. The lowest BCUT2D eigenvalue weighted by Crippen LogP contribution is -2.53. The smallest absolute Gasteiger partial charge is 0.123 e.